The number of amides is 2. The third kappa shape index (κ3) is 7.49. The Morgan fingerprint density at radius 3 is 2.42 bits per heavy atom. The summed E-state index contributed by atoms with van der Waals surface area (Å²) in [6.07, 6.45) is -4.00. The predicted molar refractivity (Wildman–Crippen MR) is 113 cm³/mol. The van der Waals surface area contributed by atoms with Crippen LogP contribution in [0.2, 0.25) is 0 Å². The van der Waals surface area contributed by atoms with Crippen LogP contribution in [0.1, 0.15) is 47.3 Å². The number of aryl methyl sites for hydroxylation is 1. The Morgan fingerprint density at radius 2 is 1.77 bits per heavy atom. The Bertz CT molecular complexity index is 988. The molecule has 0 bridgehead atoms. The summed E-state index contributed by atoms with van der Waals surface area (Å²) < 4.78 is 38.3. The Kier molecular flexibility index (Phi) is 8.26. The van der Waals surface area contributed by atoms with Crippen LogP contribution in [0, 0.1) is 24.7 Å². The van der Waals surface area contributed by atoms with E-state index >= 15 is 0 Å². The van der Waals surface area contributed by atoms with Gasteiger partial charge >= 0.3 is 6.18 Å². The van der Waals surface area contributed by atoms with E-state index in [9.17, 15) is 22.8 Å². The zero-order chi connectivity index (χ0) is 23.0. The standard InChI is InChI=1S/C24H25F3N2O2/c1-16(2)14-21(29-22(30)20-12-5-4-8-17(20)3)23(31)28-13-7-10-18-9-6-11-19(15-18)24(25,26)27/h4-6,8-9,11-12,15-16,21H,13-14H2,1-3H3,(H,28,31)(H,29,30). The van der Waals surface area contributed by atoms with E-state index in [2.05, 4.69) is 22.5 Å². The highest BCUT2D eigenvalue weighted by Crippen LogP contribution is 2.29. The third-order valence-electron chi connectivity index (χ3n) is 4.49. The van der Waals surface area contributed by atoms with Crippen molar-refractivity contribution in [3.8, 4) is 11.8 Å². The Balaban J connectivity index is 2.01. The Morgan fingerprint density at radius 1 is 1.06 bits per heavy atom. The summed E-state index contributed by atoms with van der Waals surface area (Å²) in [7, 11) is 0. The van der Waals surface area contributed by atoms with Crippen molar-refractivity contribution in [2.24, 2.45) is 5.92 Å². The van der Waals surface area contributed by atoms with Crippen LogP contribution in [0.25, 0.3) is 0 Å². The minimum absolute atomic E-state index is 0.0517. The molecule has 0 saturated heterocycles. The first-order valence-electron chi connectivity index (χ1n) is 9.88. The number of rotatable bonds is 6. The maximum atomic E-state index is 12.8. The molecule has 2 aromatic rings. The van der Waals surface area contributed by atoms with Crippen molar-refractivity contribution in [2.75, 3.05) is 6.54 Å². The lowest BCUT2D eigenvalue weighted by Crippen LogP contribution is -2.47. The van der Waals surface area contributed by atoms with E-state index in [0.717, 1.165) is 17.7 Å². The van der Waals surface area contributed by atoms with Gasteiger partial charge < -0.3 is 10.6 Å². The molecule has 1 unspecified atom stereocenters. The van der Waals surface area contributed by atoms with Crippen LogP contribution >= 0.6 is 0 Å². The van der Waals surface area contributed by atoms with E-state index in [1.807, 2.05) is 32.9 Å². The number of carbonyl (C=O) groups excluding carboxylic acids is 2. The second-order valence-electron chi connectivity index (χ2n) is 7.57. The molecule has 0 fully saturated rings. The second kappa shape index (κ2) is 10.7. The predicted octanol–water partition coefficient (Wildman–Crippen LogP) is 4.33. The first kappa shape index (κ1) is 24.0. The van der Waals surface area contributed by atoms with Gasteiger partial charge in [-0.15, -0.1) is 0 Å². The Labute approximate surface area is 180 Å². The minimum atomic E-state index is -4.44. The zero-order valence-electron chi connectivity index (χ0n) is 17.6. The second-order valence-corrected chi connectivity index (χ2v) is 7.57. The number of hydrogen-bond acceptors (Lipinski definition) is 2. The summed E-state index contributed by atoms with van der Waals surface area (Å²) in [6, 6.07) is 11.0. The number of hydrogen-bond donors (Lipinski definition) is 2. The molecule has 0 aliphatic carbocycles. The van der Waals surface area contributed by atoms with Gasteiger partial charge in [0.25, 0.3) is 5.91 Å². The molecule has 2 N–H and O–H groups in total. The lowest BCUT2D eigenvalue weighted by molar-refractivity contribution is -0.137. The van der Waals surface area contributed by atoms with Crippen LogP contribution in [-0.4, -0.2) is 24.4 Å². The quantitative estimate of drug-likeness (QED) is 0.671. The smallest absolute Gasteiger partial charge is 0.343 e. The van der Waals surface area contributed by atoms with Crippen LogP contribution in [-0.2, 0) is 11.0 Å². The van der Waals surface area contributed by atoms with Gasteiger partial charge in [-0.25, -0.2) is 0 Å². The molecule has 164 valence electrons. The number of carbonyl (C=O) groups is 2. The van der Waals surface area contributed by atoms with Crippen LogP contribution in [0.5, 0.6) is 0 Å². The molecule has 0 heterocycles. The van der Waals surface area contributed by atoms with E-state index in [-0.39, 0.29) is 23.9 Å². The fourth-order valence-electron chi connectivity index (χ4n) is 2.94. The van der Waals surface area contributed by atoms with Gasteiger partial charge in [0.15, 0.2) is 0 Å². The van der Waals surface area contributed by atoms with Gasteiger partial charge in [-0.1, -0.05) is 50.0 Å². The van der Waals surface area contributed by atoms with Crippen molar-refractivity contribution in [2.45, 2.75) is 39.4 Å². The number of nitrogens with one attached hydrogen (secondary N) is 2. The van der Waals surface area contributed by atoms with Crippen molar-refractivity contribution < 1.29 is 22.8 Å². The summed E-state index contributed by atoms with van der Waals surface area (Å²) in [5.41, 5.74) is 0.721. The van der Waals surface area contributed by atoms with Crippen molar-refractivity contribution in [3.63, 3.8) is 0 Å². The molecular formula is C24H25F3N2O2. The van der Waals surface area contributed by atoms with Crippen LogP contribution < -0.4 is 10.6 Å². The molecule has 1 atom stereocenters. The van der Waals surface area contributed by atoms with Crippen LogP contribution in [0.3, 0.4) is 0 Å². The van der Waals surface area contributed by atoms with E-state index in [1.165, 1.54) is 12.1 Å². The maximum absolute atomic E-state index is 12.8. The van der Waals surface area contributed by atoms with E-state index in [4.69, 9.17) is 0 Å². The topological polar surface area (TPSA) is 58.2 Å². The summed E-state index contributed by atoms with van der Waals surface area (Å²) >= 11 is 0. The van der Waals surface area contributed by atoms with E-state index in [0.29, 0.717) is 12.0 Å². The highest BCUT2D eigenvalue weighted by atomic mass is 19.4. The first-order valence-corrected chi connectivity index (χ1v) is 9.88. The molecule has 0 saturated carbocycles. The largest absolute Gasteiger partial charge is 0.416 e. The lowest BCUT2D eigenvalue weighted by atomic mass is 10.0. The highest BCUT2D eigenvalue weighted by Gasteiger charge is 2.30. The number of halogens is 3. The molecule has 0 aromatic heterocycles. The average molecular weight is 430 g/mol. The summed E-state index contributed by atoms with van der Waals surface area (Å²) in [5, 5.41) is 5.39. The number of benzene rings is 2. The molecule has 0 radical (unpaired) electrons. The summed E-state index contributed by atoms with van der Waals surface area (Å²) in [5.74, 6) is 4.69. The molecule has 0 aliphatic heterocycles. The van der Waals surface area contributed by atoms with Gasteiger partial charge in [0.1, 0.15) is 6.04 Å². The molecule has 2 aromatic carbocycles. The van der Waals surface area contributed by atoms with E-state index in [1.54, 1.807) is 12.1 Å². The SMILES string of the molecule is Cc1ccccc1C(=O)NC(CC(C)C)C(=O)NCC#Cc1cccc(C(F)(F)F)c1. The van der Waals surface area contributed by atoms with E-state index < -0.39 is 23.7 Å². The highest BCUT2D eigenvalue weighted by molar-refractivity contribution is 5.98. The first-order chi connectivity index (χ1) is 14.6. The fourth-order valence-corrected chi connectivity index (χ4v) is 2.94. The normalized spacial score (nSPS) is 12.0. The molecule has 0 aliphatic rings. The van der Waals surface area contributed by atoms with Crippen molar-refractivity contribution >= 4 is 11.8 Å². The monoisotopic (exact) mass is 430 g/mol. The fraction of sp³-hybridized carbons (Fsp3) is 0.333. The van der Waals surface area contributed by atoms with Gasteiger partial charge in [0.2, 0.25) is 5.91 Å². The molecule has 4 nitrogen and oxygen atoms in total. The molecule has 31 heavy (non-hydrogen) atoms. The minimum Gasteiger partial charge on any atom is -0.343 e. The van der Waals surface area contributed by atoms with Crippen LogP contribution in [0.15, 0.2) is 48.5 Å². The summed E-state index contributed by atoms with van der Waals surface area (Å²) in [4.78, 5) is 25.2. The molecule has 0 spiro atoms. The maximum Gasteiger partial charge on any atom is 0.416 e. The molecular weight excluding hydrogens is 405 g/mol. The van der Waals surface area contributed by atoms with Gasteiger partial charge in [-0.05, 0) is 49.1 Å². The van der Waals surface area contributed by atoms with Gasteiger partial charge in [0, 0.05) is 11.1 Å². The van der Waals surface area contributed by atoms with Gasteiger partial charge in [-0.2, -0.15) is 13.2 Å². The molecule has 2 amide bonds. The van der Waals surface area contributed by atoms with Gasteiger partial charge in [-0.3, -0.25) is 9.59 Å². The van der Waals surface area contributed by atoms with Gasteiger partial charge in [0.05, 0.1) is 12.1 Å². The molecule has 2 rings (SSSR count). The Hall–Kier alpha value is -3.27. The average Bonchev–Trinajstić information content (AvgIpc) is 2.70. The third-order valence-corrected chi connectivity index (χ3v) is 4.49. The number of alkyl halides is 3. The molecule has 7 heteroatoms. The zero-order valence-corrected chi connectivity index (χ0v) is 17.6. The summed E-state index contributed by atoms with van der Waals surface area (Å²) in [6.45, 7) is 5.64. The van der Waals surface area contributed by atoms with Crippen LogP contribution in [0.4, 0.5) is 13.2 Å². The van der Waals surface area contributed by atoms with Crippen molar-refractivity contribution in [3.05, 3.63) is 70.8 Å². The van der Waals surface area contributed by atoms with Crippen molar-refractivity contribution in [1.82, 2.24) is 10.6 Å². The van der Waals surface area contributed by atoms with Crippen molar-refractivity contribution in [1.29, 1.82) is 0 Å². The lowest BCUT2D eigenvalue weighted by Gasteiger charge is -2.20.